The molecule has 2 rings (SSSR count). The van der Waals surface area contributed by atoms with Crippen LogP contribution < -0.4 is 16.6 Å². The number of hydrogen-bond donors (Lipinski definition) is 3. The Labute approximate surface area is 110 Å². The van der Waals surface area contributed by atoms with E-state index in [4.69, 9.17) is 5.84 Å². The van der Waals surface area contributed by atoms with E-state index in [1.165, 1.54) is 0 Å². The average molecular weight is 266 g/mol. The first kappa shape index (κ1) is 13.0. The van der Waals surface area contributed by atoms with E-state index in [0.717, 1.165) is 23.0 Å². The standard InChI is InChI=1S/C11H18N6S/c1-3-18-7-8(2)14-10-11-13-4-5-17(11)6-9(15-10)16-12/h4-6,8,16H,3,7,12H2,1-2H3,(H,14,15). The molecule has 2 heterocycles. The van der Waals surface area contributed by atoms with E-state index in [2.05, 4.69) is 34.6 Å². The van der Waals surface area contributed by atoms with Gasteiger partial charge in [0.25, 0.3) is 0 Å². The average Bonchev–Trinajstić information content (AvgIpc) is 2.84. The van der Waals surface area contributed by atoms with Gasteiger partial charge in [-0.15, -0.1) is 0 Å². The molecular weight excluding hydrogens is 248 g/mol. The Morgan fingerprint density at radius 1 is 1.56 bits per heavy atom. The summed E-state index contributed by atoms with van der Waals surface area (Å²) in [5.74, 6) is 8.92. The lowest BCUT2D eigenvalue weighted by atomic mass is 10.4. The third-order valence-corrected chi connectivity index (χ3v) is 3.62. The second-order valence-corrected chi connectivity index (χ2v) is 5.30. The van der Waals surface area contributed by atoms with Gasteiger partial charge < -0.3 is 15.1 Å². The molecule has 2 aromatic rings. The van der Waals surface area contributed by atoms with Crippen molar-refractivity contribution in [1.82, 2.24) is 14.4 Å². The zero-order chi connectivity index (χ0) is 13.0. The Balaban J connectivity index is 2.22. The first-order chi connectivity index (χ1) is 8.74. The van der Waals surface area contributed by atoms with Gasteiger partial charge in [-0.3, -0.25) is 0 Å². The number of rotatable bonds is 6. The Morgan fingerprint density at radius 3 is 3.11 bits per heavy atom. The largest absolute Gasteiger partial charge is 0.364 e. The van der Waals surface area contributed by atoms with E-state index in [1.54, 1.807) is 12.4 Å². The zero-order valence-electron chi connectivity index (χ0n) is 10.6. The molecule has 0 spiro atoms. The monoisotopic (exact) mass is 266 g/mol. The molecule has 0 aliphatic heterocycles. The van der Waals surface area contributed by atoms with Gasteiger partial charge in [-0.25, -0.2) is 15.8 Å². The second-order valence-electron chi connectivity index (χ2n) is 3.98. The summed E-state index contributed by atoms with van der Waals surface area (Å²) < 4.78 is 1.89. The van der Waals surface area contributed by atoms with Crippen LogP contribution in [0.2, 0.25) is 0 Å². The number of aromatic nitrogens is 3. The molecule has 1 unspecified atom stereocenters. The second kappa shape index (κ2) is 5.92. The molecule has 2 aromatic heterocycles. The highest BCUT2D eigenvalue weighted by Crippen LogP contribution is 2.17. The van der Waals surface area contributed by atoms with Crippen LogP contribution in [0.3, 0.4) is 0 Å². The number of thioether (sulfide) groups is 1. The molecule has 0 radical (unpaired) electrons. The smallest absolute Gasteiger partial charge is 0.180 e. The summed E-state index contributed by atoms with van der Waals surface area (Å²) in [7, 11) is 0. The quantitative estimate of drug-likeness (QED) is 0.544. The SMILES string of the molecule is CCSCC(C)Nc1nc(NN)cn2ccnc12. The van der Waals surface area contributed by atoms with Crippen LogP contribution in [-0.4, -0.2) is 31.9 Å². The van der Waals surface area contributed by atoms with Crippen LogP contribution in [0, 0.1) is 0 Å². The Morgan fingerprint density at radius 2 is 2.39 bits per heavy atom. The van der Waals surface area contributed by atoms with Crippen molar-refractivity contribution in [2.45, 2.75) is 19.9 Å². The van der Waals surface area contributed by atoms with E-state index < -0.39 is 0 Å². The van der Waals surface area contributed by atoms with Crippen LogP contribution in [0.15, 0.2) is 18.6 Å². The molecule has 0 aliphatic rings. The van der Waals surface area contributed by atoms with Crippen LogP contribution in [0.4, 0.5) is 11.6 Å². The molecule has 0 amide bonds. The number of nitrogens with zero attached hydrogens (tertiary/aromatic N) is 3. The molecule has 18 heavy (non-hydrogen) atoms. The number of hydrogen-bond acceptors (Lipinski definition) is 6. The van der Waals surface area contributed by atoms with Crippen molar-refractivity contribution < 1.29 is 0 Å². The predicted molar refractivity (Wildman–Crippen MR) is 76.9 cm³/mol. The predicted octanol–water partition coefficient (Wildman–Crippen LogP) is 1.57. The van der Waals surface area contributed by atoms with Crippen LogP contribution in [-0.2, 0) is 0 Å². The summed E-state index contributed by atoms with van der Waals surface area (Å²) in [5, 5.41) is 3.37. The van der Waals surface area contributed by atoms with Crippen molar-refractivity contribution in [1.29, 1.82) is 0 Å². The van der Waals surface area contributed by atoms with E-state index in [1.807, 2.05) is 22.4 Å². The molecule has 1 atom stereocenters. The summed E-state index contributed by atoms with van der Waals surface area (Å²) in [6.07, 6.45) is 5.42. The summed E-state index contributed by atoms with van der Waals surface area (Å²) in [5.41, 5.74) is 3.37. The van der Waals surface area contributed by atoms with Crippen molar-refractivity contribution in [3.63, 3.8) is 0 Å². The number of nitrogens with one attached hydrogen (secondary N) is 2. The summed E-state index contributed by atoms with van der Waals surface area (Å²) in [6, 6.07) is 0.330. The number of nitrogens with two attached hydrogens (primary N) is 1. The molecule has 98 valence electrons. The van der Waals surface area contributed by atoms with Gasteiger partial charge in [0.2, 0.25) is 0 Å². The van der Waals surface area contributed by atoms with Gasteiger partial charge >= 0.3 is 0 Å². The van der Waals surface area contributed by atoms with Gasteiger partial charge in [0.15, 0.2) is 17.3 Å². The molecular formula is C11H18N6S. The summed E-state index contributed by atoms with van der Waals surface area (Å²) in [4.78, 5) is 8.69. The first-order valence-electron chi connectivity index (χ1n) is 5.89. The molecule has 6 nitrogen and oxygen atoms in total. The topological polar surface area (TPSA) is 80.3 Å². The van der Waals surface area contributed by atoms with Crippen molar-refractivity contribution in [3.8, 4) is 0 Å². The fourth-order valence-electron chi connectivity index (χ4n) is 1.67. The first-order valence-corrected chi connectivity index (χ1v) is 7.04. The highest BCUT2D eigenvalue weighted by molar-refractivity contribution is 7.99. The van der Waals surface area contributed by atoms with Crippen molar-refractivity contribution in [2.75, 3.05) is 22.2 Å². The Kier molecular flexibility index (Phi) is 4.27. The Bertz CT molecular complexity index is 511. The minimum absolute atomic E-state index is 0.330. The van der Waals surface area contributed by atoms with Gasteiger partial charge in [-0.05, 0) is 12.7 Å². The lowest BCUT2D eigenvalue weighted by molar-refractivity contribution is 0.899. The van der Waals surface area contributed by atoms with Crippen LogP contribution in [0.1, 0.15) is 13.8 Å². The van der Waals surface area contributed by atoms with E-state index in [9.17, 15) is 0 Å². The molecule has 0 fully saturated rings. The van der Waals surface area contributed by atoms with Gasteiger partial charge in [-0.1, -0.05) is 6.92 Å². The zero-order valence-corrected chi connectivity index (χ0v) is 11.4. The highest BCUT2D eigenvalue weighted by atomic mass is 32.2. The number of anilines is 2. The molecule has 7 heteroatoms. The fraction of sp³-hybridized carbons (Fsp3) is 0.455. The molecule has 4 N–H and O–H groups in total. The maximum absolute atomic E-state index is 5.41. The van der Waals surface area contributed by atoms with Gasteiger partial charge in [-0.2, -0.15) is 11.8 Å². The minimum atomic E-state index is 0.330. The summed E-state index contributed by atoms with van der Waals surface area (Å²) >= 11 is 1.90. The molecule has 0 bridgehead atoms. The molecule has 0 saturated heterocycles. The van der Waals surface area contributed by atoms with Gasteiger partial charge in [0, 0.05) is 24.2 Å². The number of imidazole rings is 1. The lowest BCUT2D eigenvalue weighted by Gasteiger charge is -2.15. The maximum atomic E-state index is 5.41. The van der Waals surface area contributed by atoms with Crippen LogP contribution in [0.25, 0.3) is 5.65 Å². The van der Waals surface area contributed by atoms with Crippen molar-refractivity contribution >= 4 is 29.0 Å². The van der Waals surface area contributed by atoms with E-state index >= 15 is 0 Å². The Hall–Kier alpha value is -1.47. The molecule has 0 aliphatic carbocycles. The number of fused-ring (bicyclic) bond motifs is 1. The molecule has 0 aromatic carbocycles. The highest BCUT2D eigenvalue weighted by Gasteiger charge is 2.09. The number of nitrogen functional groups attached to an aromatic ring is 1. The summed E-state index contributed by atoms with van der Waals surface area (Å²) in [6.45, 7) is 4.29. The minimum Gasteiger partial charge on any atom is -0.364 e. The van der Waals surface area contributed by atoms with Crippen LogP contribution >= 0.6 is 11.8 Å². The van der Waals surface area contributed by atoms with Crippen molar-refractivity contribution in [2.24, 2.45) is 5.84 Å². The third-order valence-electron chi connectivity index (χ3n) is 2.48. The third kappa shape index (κ3) is 2.85. The van der Waals surface area contributed by atoms with Gasteiger partial charge in [0.05, 0.1) is 6.20 Å². The van der Waals surface area contributed by atoms with Crippen molar-refractivity contribution in [3.05, 3.63) is 18.6 Å². The fourth-order valence-corrected chi connectivity index (χ4v) is 2.34. The normalized spacial score (nSPS) is 12.6. The maximum Gasteiger partial charge on any atom is 0.180 e. The van der Waals surface area contributed by atoms with Crippen LogP contribution in [0.5, 0.6) is 0 Å². The van der Waals surface area contributed by atoms with Gasteiger partial charge in [0.1, 0.15) is 0 Å². The van der Waals surface area contributed by atoms with E-state index in [-0.39, 0.29) is 0 Å². The number of hydrazine groups is 1. The lowest BCUT2D eigenvalue weighted by Crippen LogP contribution is -2.20. The van der Waals surface area contributed by atoms with E-state index in [0.29, 0.717) is 11.9 Å². The molecule has 0 saturated carbocycles.